The maximum absolute atomic E-state index is 12.0. The van der Waals surface area contributed by atoms with Crippen molar-refractivity contribution in [2.45, 2.75) is 25.3 Å². The Morgan fingerprint density at radius 2 is 2.25 bits per heavy atom. The van der Waals surface area contributed by atoms with Gasteiger partial charge in [-0.15, -0.1) is 0 Å². The van der Waals surface area contributed by atoms with E-state index in [1.807, 2.05) is 25.1 Å². The van der Waals surface area contributed by atoms with Crippen molar-refractivity contribution in [2.75, 3.05) is 38.0 Å². The molecule has 2 N–H and O–H groups in total. The average Bonchev–Trinajstić information content (AvgIpc) is 3.22. The molecule has 1 aliphatic carbocycles. The van der Waals surface area contributed by atoms with Gasteiger partial charge in [0.1, 0.15) is 5.69 Å². The molecule has 1 aromatic heterocycles. The van der Waals surface area contributed by atoms with E-state index >= 15 is 0 Å². The molecule has 0 spiro atoms. The van der Waals surface area contributed by atoms with Crippen molar-refractivity contribution >= 4 is 17.3 Å². The van der Waals surface area contributed by atoms with Crippen LogP contribution in [-0.4, -0.2) is 44.7 Å². The third-order valence-corrected chi connectivity index (χ3v) is 3.20. The molecule has 1 heterocycles. The highest BCUT2D eigenvalue weighted by atomic mass is 16.5. The Bertz CT molecular complexity index is 472. The number of nitrogens with zero attached hydrogens (tertiary/aromatic N) is 2. The number of ether oxygens (including phenoxy) is 1. The molecule has 1 aromatic rings. The van der Waals surface area contributed by atoms with Gasteiger partial charge in [0, 0.05) is 39.3 Å². The van der Waals surface area contributed by atoms with Crippen LogP contribution in [0.25, 0.3) is 0 Å². The first kappa shape index (κ1) is 14.6. The lowest BCUT2D eigenvalue weighted by Crippen LogP contribution is -2.24. The summed E-state index contributed by atoms with van der Waals surface area (Å²) in [5.74, 6) is 0.396. The number of nitrogens with one attached hydrogen (secondary N) is 2. The van der Waals surface area contributed by atoms with Crippen LogP contribution in [0.15, 0.2) is 12.3 Å². The molecule has 0 radical (unpaired) electrons. The molecule has 110 valence electrons. The molecule has 0 atom stereocenters. The number of pyridine rings is 1. The van der Waals surface area contributed by atoms with E-state index in [9.17, 15) is 4.79 Å². The summed E-state index contributed by atoms with van der Waals surface area (Å²) in [5, 5.41) is 6.22. The van der Waals surface area contributed by atoms with E-state index in [0.29, 0.717) is 30.6 Å². The van der Waals surface area contributed by atoms with Gasteiger partial charge in [-0.2, -0.15) is 0 Å². The topological polar surface area (TPSA) is 66.5 Å². The first-order chi connectivity index (χ1) is 9.61. The molecule has 0 bridgehead atoms. The van der Waals surface area contributed by atoms with Crippen molar-refractivity contribution in [1.82, 2.24) is 10.3 Å². The van der Waals surface area contributed by atoms with Gasteiger partial charge in [0.2, 0.25) is 11.8 Å². The molecule has 6 heteroatoms. The second-order valence-corrected chi connectivity index (χ2v) is 5.14. The van der Waals surface area contributed by atoms with Gasteiger partial charge in [-0.25, -0.2) is 4.98 Å². The van der Waals surface area contributed by atoms with E-state index in [1.165, 1.54) is 12.8 Å². The minimum Gasteiger partial charge on any atom is -0.479 e. The highest BCUT2D eigenvalue weighted by Crippen LogP contribution is 2.32. The molecule has 2 rings (SSSR count). The van der Waals surface area contributed by atoms with Crippen LogP contribution in [0.1, 0.15) is 19.3 Å². The zero-order valence-electron chi connectivity index (χ0n) is 12.3. The quantitative estimate of drug-likeness (QED) is 0.785. The summed E-state index contributed by atoms with van der Waals surface area (Å²) < 4.78 is 5.22. The summed E-state index contributed by atoms with van der Waals surface area (Å²) in [7, 11) is 5.38. The first-order valence-corrected chi connectivity index (χ1v) is 6.85. The molecule has 0 aromatic carbocycles. The minimum atomic E-state index is -0.0347. The number of hydrogen-bond acceptors (Lipinski definition) is 5. The van der Waals surface area contributed by atoms with Gasteiger partial charge >= 0.3 is 0 Å². The highest BCUT2D eigenvalue weighted by molar-refractivity contribution is 5.96. The van der Waals surface area contributed by atoms with E-state index in [1.54, 1.807) is 13.3 Å². The van der Waals surface area contributed by atoms with Crippen LogP contribution >= 0.6 is 0 Å². The molecular weight excluding hydrogens is 256 g/mol. The standard InChI is InChI=1S/C14H22N4O2/c1-18(2)11-6-8-16-14(20-3)13(11)17-12(19)7-9-15-10-4-5-10/h6,8,10,15H,4-5,7,9H2,1-3H3,(H,17,19). The van der Waals surface area contributed by atoms with Gasteiger partial charge in [0.05, 0.1) is 12.8 Å². The molecule has 1 fully saturated rings. The summed E-state index contributed by atoms with van der Waals surface area (Å²) in [4.78, 5) is 18.1. The number of amides is 1. The van der Waals surface area contributed by atoms with Crippen molar-refractivity contribution in [3.63, 3.8) is 0 Å². The third kappa shape index (κ3) is 3.84. The number of methoxy groups -OCH3 is 1. The van der Waals surface area contributed by atoms with E-state index in [0.717, 1.165) is 5.69 Å². The van der Waals surface area contributed by atoms with Crippen LogP contribution in [0.5, 0.6) is 5.88 Å². The second kappa shape index (κ2) is 6.56. The van der Waals surface area contributed by atoms with Crippen molar-refractivity contribution < 1.29 is 9.53 Å². The van der Waals surface area contributed by atoms with Crippen molar-refractivity contribution in [3.05, 3.63) is 12.3 Å². The summed E-state index contributed by atoms with van der Waals surface area (Å²) in [6.07, 6.45) is 4.56. The van der Waals surface area contributed by atoms with Crippen LogP contribution < -0.4 is 20.3 Å². The number of anilines is 2. The number of rotatable bonds is 7. The number of carbonyl (C=O) groups is 1. The van der Waals surface area contributed by atoms with Crippen molar-refractivity contribution in [1.29, 1.82) is 0 Å². The highest BCUT2D eigenvalue weighted by Gasteiger charge is 2.20. The van der Waals surface area contributed by atoms with Gasteiger partial charge in [-0.3, -0.25) is 4.79 Å². The predicted octanol–water partition coefficient (Wildman–Crippen LogP) is 1.24. The summed E-state index contributed by atoms with van der Waals surface area (Å²) in [5.41, 5.74) is 1.50. The molecule has 1 saturated carbocycles. The Morgan fingerprint density at radius 3 is 2.85 bits per heavy atom. The normalized spacial score (nSPS) is 13.9. The molecule has 6 nitrogen and oxygen atoms in total. The number of aromatic nitrogens is 1. The zero-order chi connectivity index (χ0) is 14.5. The minimum absolute atomic E-state index is 0.0347. The SMILES string of the molecule is COc1nccc(N(C)C)c1NC(=O)CCNC1CC1. The molecule has 0 unspecified atom stereocenters. The van der Waals surface area contributed by atoms with Crippen LogP contribution in [0.4, 0.5) is 11.4 Å². The van der Waals surface area contributed by atoms with Gasteiger partial charge in [-0.1, -0.05) is 0 Å². The fourth-order valence-electron chi connectivity index (χ4n) is 1.96. The van der Waals surface area contributed by atoms with Crippen LogP contribution in [0, 0.1) is 0 Å². The Morgan fingerprint density at radius 1 is 1.50 bits per heavy atom. The van der Waals surface area contributed by atoms with E-state index in [4.69, 9.17) is 4.74 Å². The van der Waals surface area contributed by atoms with Gasteiger partial charge < -0.3 is 20.3 Å². The number of hydrogen-bond donors (Lipinski definition) is 2. The van der Waals surface area contributed by atoms with E-state index in [-0.39, 0.29) is 5.91 Å². The maximum Gasteiger partial charge on any atom is 0.239 e. The molecule has 20 heavy (non-hydrogen) atoms. The maximum atomic E-state index is 12.0. The Balaban J connectivity index is 2.00. The Kier molecular flexibility index (Phi) is 4.79. The summed E-state index contributed by atoms with van der Waals surface area (Å²) >= 11 is 0. The van der Waals surface area contributed by atoms with Crippen LogP contribution in [-0.2, 0) is 4.79 Å². The van der Waals surface area contributed by atoms with Crippen molar-refractivity contribution in [2.24, 2.45) is 0 Å². The Labute approximate surface area is 119 Å². The second-order valence-electron chi connectivity index (χ2n) is 5.14. The summed E-state index contributed by atoms with van der Waals surface area (Å²) in [6.45, 7) is 0.705. The van der Waals surface area contributed by atoms with Gasteiger partial charge in [0.15, 0.2) is 0 Å². The third-order valence-electron chi connectivity index (χ3n) is 3.20. The first-order valence-electron chi connectivity index (χ1n) is 6.85. The predicted molar refractivity (Wildman–Crippen MR) is 79.4 cm³/mol. The van der Waals surface area contributed by atoms with E-state index in [2.05, 4.69) is 15.6 Å². The summed E-state index contributed by atoms with van der Waals surface area (Å²) in [6, 6.07) is 2.47. The van der Waals surface area contributed by atoms with Crippen LogP contribution in [0.3, 0.4) is 0 Å². The molecule has 1 aliphatic rings. The molecular formula is C14H22N4O2. The average molecular weight is 278 g/mol. The fraction of sp³-hybridized carbons (Fsp3) is 0.571. The number of carbonyl (C=O) groups excluding carboxylic acids is 1. The van der Waals surface area contributed by atoms with E-state index < -0.39 is 0 Å². The van der Waals surface area contributed by atoms with Crippen molar-refractivity contribution in [3.8, 4) is 5.88 Å². The molecule has 0 saturated heterocycles. The molecule has 0 aliphatic heterocycles. The van der Waals surface area contributed by atoms with Crippen LogP contribution in [0.2, 0.25) is 0 Å². The van der Waals surface area contributed by atoms with Gasteiger partial charge in [-0.05, 0) is 18.9 Å². The lowest BCUT2D eigenvalue weighted by molar-refractivity contribution is -0.116. The Hall–Kier alpha value is -1.82. The zero-order valence-corrected chi connectivity index (χ0v) is 12.3. The van der Waals surface area contributed by atoms with Gasteiger partial charge in [0.25, 0.3) is 0 Å². The lowest BCUT2D eigenvalue weighted by Gasteiger charge is -2.19. The smallest absolute Gasteiger partial charge is 0.239 e. The fourth-order valence-corrected chi connectivity index (χ4v) is 1.96. The molecule has 1 amide bonds. The lowest BCUT2D eigenvalue weighted by atomic mass is 10.3. The monoisotopic (exact) mass is 278 g/mol. The largest absolute Gasteiger partial charge is 0.479 e.